The molecule has 1 saturated heterocycles. The third-order valence-electron chi connectivity index (χ3n) is 4.91. The molecule has 9 heteroatoms. The third-order valence-corrected chi connectivity index (χ3v) is 6.43. The summed E-state index contributed by atoms with van der Waals surface area (Å²) in [7, 11) is -2.20. The van der Waals surface area contributed by atoms with Gasteiger partial charge in [-0.05, 0) is 43.9 Å². The van der Waals surface area contributed by atoms with Gasteiger partial charge in [-0.3, -0.25) is 9.59 Å². The van der Waals surface area contributed by atoms with E-state index in [1.54, 1.807) is 4.90 Å². The predicted octanol–water partition coefficient (Wildman–Crippen LogP) is 1.87. The summed E-state index contributed by atoms with van der Waals surface area (Å²) in [6, 6.07) is 4.33. The molecule has 1 aliphatic carbocycles. The van der Waals surface area contributed by atoms with E-state index in [4.69, 9.17) is 4.74 Å². The second-order valence-electron chi connectivity index (χ2n) is 7.29. The van der Waals surface area contributed by atoms with Crippen molar-refractivity contribution in [1.82, 2.24) is 9.62 Å². The number of anilines is 1. The topological polar surface area (TPSA) is 105 Å². The minimum Gasteiger partial charge on any atom is -0.495 e. The molecule has 154 valence electrons. The molecular weight excluding hydrogens is 382 g/mol. The summed E-state index contributed by atoms with van der Waals surface area (Å²) < 4.78 is 32.7. The van der Waals surface area contributed by atoms with Crippen LogP contribution in [0.25, 0.3) is 0 Å². The Balaban J connectivity index is 1.71. The zero-order valence-corrected chi connectivity index (χ0v) is 16.9. The lowest BCUT2D eigenvalue weighted by molar-refractivity contribution is -0.135. The highest BCUT2D eigenvalue weighted by Crippen LogP contribution is 2.29. The van der Waals surface area contributed by atoms with Gasteiger partial charge in [-0.2, -0.15) is 0 Å². The molecule has 0 radical (unpaired) electrons. The Morgan fingerprint density at radius 3 is 2.68 bits per heavy atom. The van der Waals surface area contributed by atoms with Crippen molar-refractivity contribution >= 4 is 27.5 Å². The molecule has 2 amide bonds. The number of carbonyl (C=O) groups excluding carboxylic acids is 2. The fraction of sp³-hybridized carbons (Fsp3) is 0.579. The van der Waals surface area contributed by atoms with Crippen LogP contribution in [0.3, 0.4) is 0 Å². The van der Waals surface area contributed by atoms with E-state index in [9.17, 15) is 18.0 Å². The number of likely N-dealkylation sites (tertiary alicyclic amines) is 1. The highest BCUT2D eigenvalue weighted by molar-refractivity contribution is 7.89. The SMILES string of the molecule is COc1ccc(S(=O)(=O)NC2CC2)cc1NC(=O)CN1CCCCCCC1=O. The molecule has 2 aliphatic rings. The Morgan fingerprint density at radius 2 is 1.96 bits per heavy atom. The van der Waals surface area contributed by atoms with E-state index in [-0.39, 0.29) is 35.0 Å². The first kappa shape index (κ1) is 20.6. The normalized spacial score (nSPS) is 18.3. The van der Waals surface area contributed by atoms with Gasteiger partial charge in [0.25, 0.3) is 0 Å². The average molecular weight is 410 g/mol. The van der Waals surface area contributed by atoms with E-state index in [1.165, 1.54) is 25.3 Å². The smallest absolute Gasteiger partial charge is 0.244 e. The number of carbonyl (C=O) groups is 2. The summed E-state index contributed by atoms with van der Waals surface area (Å²) in [6.45, 7) is 0.502. The number of hydrogen-bond donors (Lipinski definition) is 2. The van der Waals surface area contributed by atoms with Crippen molar-refractivity contribution in [1.29, 1.82) is 0 Å². The molecule has 1 aromatic rings. The van der Waals surface area contributed by atoms with Crippen molar-refractivity contribution in [3.63, 3.8) is 0 Å². The van der Waals surface area contributed by atoms with Crippen LogP contribution in [0.4, 0.5) is 5.69 Å². The fourth-order valence-corrected chi connectivity index (χ4v) is 4.52. The number of amides is 2. The molecule has 0 aromatic heterocycles. The van der Waals surface area contributed by atoms with Gasteiger partial charge < -0.3 is 15.0 Å². The second kappa shape index (κ2) is 8.91. The number of hydrogen-bond acceptors (Lipinski definition) is 5. The van der Waals surface area contributed by atoms with Crippen LogP contribution in [0, 0.1) is 0 Å². The number of methoxy groups -OCH3 is 1. The molecule has 1 aliphatic heterocycles. The first-order valence-corrected chi connectivity index (χ1v) is 11.2. The third kappa shape index (κ3) is 5.45. The second-order valence-corrected chi connectivity index (χ2v) is 9.00. The Labute approximate surface area is 165 Å². The van der Waals surface area contributed by atoms with E-state index in [0.29, 0.717) is 18.7 Å². The van der Waals surface area contributed by atoms with Gasteiger partial charge in [0, 0.05) is 19.0 Å². The lowest BCUT2D eigenvalue weighted by Gasteiger charge is -2.24. The zero-order chi connectivity index (χ0) is 20.1. The Hall–Kier alpha value is -2.13. The molecule has 2 N–H and O–H groups in total. The first-order valence-electron chi connectivity index (χ1n) is 9.67. The van der Waals surface area contributed by atoms with Crippen LogP contribution in [-0.4, -0.2) is 51.4 Å². The van der Waals surface area contributed by atoms with Crippen LogP contribution in [0.2, 0.25) is 0 Å². The van der Waals surface area contributed by atoms with E-state index in [2.05, 4.69) is 10.0 Å². The van der Waals surface area contributed by atoms with Crippen molar-refractivity contribution in [2.45, 2.75) is 55.9 Å². The molecule has 3 rings (SSSR count). The van der Waals surface area contributed by atoms with E-state index < -0.39 is 10.0 Å². The van der Waals surface area contributed by atoms with Gasteiger partial charge >= 0.3 is 0 Å². The Bertz CT molecular complexity index is 836. The number of benzene rings is 1. The predicted molar refractivity (Wildman–Crippen MR) is 105 cm³/mol. The van der Waals surface area contributed by atoms with Gasteiger partial charge in [0.05, 0.1) is 24.2 Å². The zero-order valence-electron chi connectivity index (χ0n) is 16.1. The molecule has 8 nitrogen and oxygen atoms in total. The van der Waals surface area contributed by atoms with Crippen LogP contribution in [0.5, 0.6) is 5.75 Å². The number of nitrogens with one attached hydrogen (secondary N) is 2. The van der Waals surface area contributed by atoms with E-state index >= 15 is 0 Å². The van der Waals surface area contributed by atoms with Gasteiger partial charge in [0.15, 0.2) is 0 Å². The molecule has 1 aromatic carbocycles. The van der Waals surface area contributed by atoms with Crippen molar-refractivity contribution in [3.8, 4) is 5.75 Å². The molecule has 1 saturated carbocycles. The summed E-state index contributed by atoms with van der Waals surface area (Å²) >= 11 is 0. The Kier molecular flexibility index (Phi) is 6.56. The lowest BCUT2D eigenvalue weighted by atomic mass is 10.1. The standard InChI is InChI=1S/C19H27N3O5S/c1-27-17-10-9-15(28(25,26)21-14-7-8-14)12-16(17)20-18(23)13-22-11-5-3-2-4-6-19(22)24/h9-10,12,14,21H,2-8,11,13H2,1H3,(H,20,23). The van der Waals surface area contributed by atoms with Gasteiger partial charge in [0.1, 0.15) is 5.75 Å². The Morgan fingerprint density at radius 1 is 1.21 bits per heavy atom. The molecular formula is C19H27N3O5S. The van der Waals surface area contributed by atoms with Crippen LogP contribution >= 0.6 is 0 Å². The lowest BCUT2D eigenvalue weighted by Crippen LogP contribution is -2.39. The molecule has 28 heavy (non-hydrogen) atoms. The molecule has 0 spiro atoms. The summed E-state index contributed by atoms with van der Waals surface area (Å²) in [5.41, 5.74) is 0.269. The van der Waals surface area contributed by atoms with Crippen LogP contribution in [0.1, 0.15) is 44.9 Å². The number of rotatable bonds is 7. The van der Waals surface area contributed by atoms with Crippen molar-refractivity contribution in [2.75, 3.05) is 25.5 Å². The van der Waals surface area contributed by atoms with Crippen LogP contribution in [0.15, 0.2) is 23.1 Å². The van der Waals surface area contributed by atoms with E-state index in [1.807, 2.05) is 0 Å². The van der Waals surface area contributed by atoms with Crippen molar-refractivity contribution in [3.05, 3.63) is 18.2 Å². The van der Waals surface area contributed by atoms with Crippen molar-refractivity contribution in [2.24, 2.45) is 0 Å². The molecule has 0 unspecified atom stereocenters. The van der Waals surface area contributed by atoms with Gasteiger partial charge in [-0.1, -0.05) is 12.8 Å². The summed E-state index contributed by atoms with van der Waals surface area (Å²) in [5.74, 6) is -0.0404. The molecule has 0 atom stereocenters. The highest BCUT2D eigenvalue weighted by atomic mass is 32.2. The summed E-state index contributed by atoms with van der Waals surface area (Å²) in [4.78, 5) is 26.4. The van der Waals surface area contributed by atoms with Crippen LogP contribution < -0.4 is 14.8 Å². The largest absolute Gasteiger partial charge is 0.495 e. The van der Waals surface area contributed by atoms with Crippen molar-refractivity contribution < 1.29 is 22.7 Å². The maximum Gasteiger partial charge on any atom is 0.244 e. The number of nitrogens with zero attached hydrogens (tertiary/aromatic N) is 1. The number of sulfonamides is 1. The minimum absolute atomic E-state index is 0.0109. The monoisotopic (exact) mass is 409 g/mol. The highest BCUT2D eigenvalue weighted by Gasteiger charge is 2.28. The molecule has 1 heterocycles. The molecule has 0 bridgehead atoms. The quantitative estimate of drug-likeness (QED) is 0.715. The van der Waals surface area contributed by atoms with Gasteiger partial charge in [-0.25, -0.2) is 13.1 Å². The number of ether oxygens (including phenoxy) is 1. The maximum absolute atomic E-state index is 12.5. The fourth-order valence-electron chi connectivity index (χ4n) is 3.19. The minimum atomic E-state index is -3.65. The van der Waals surface area contributed by atoms with Gasteiger partial charge in [-0.15, -0.1) is 0 Å². The first-order chi connectivity index (χ1) is 13.4. The van der Waals surface area contributed by atoms with Crippen LogP contribution in [-0.2, 0) is 19.6 Å². The summed E-state index contributed by atoms with van der Waals surface area (Å²) in [6.07, 6.45) is 5.94. The van der Waals surface area contributed by atoms with Gasteiger partial charge in [0.2, 0.25) is 21.8 Å². The maximum atomic E-state index is 12.5. The summed E-state index contributed by atoms with van der Waals surface area (Å²) in [5, 5.41) is 2.70. The molecule has 2 fully saturated rings. The average Bonchev–Trinajstić information content (AvgIpc) is 3.44. The van der Waals surface area contributed by atoms with E-state index in [0.717, 1.165) is 38.5 Å².